The molecule has 2 nitrogen and oxygen atoms in total. The van der Waals surface area contributed by atoms with Crippen LogP contribution in [0.1, 0.15) is 19.4 Å². The van der Waals surface area contributed by atoms with Crippen LogP contribution >= 0.6 is 0 Å². The molecule has 0 aliphatic carbocycles. The zero-order valence-electron chi connectivity index (χ0n) is 7.24. The number of fused-ring (bicyclic) bond motifs is 1. The molecule has 1 aromatic rings. The third-order valence-electron chi connectivity index (χ3n) is 2.53. The molecule has 1 aliphatic rings. The number of aliphatic hydroxyl groups is 1. The normalized spacial score (nSPS) is 32.8. The molecule has 0 amide bonds. The van der Waals surface area contributed by atoms with Crippen molar-refractivity contribution < 1.29 is 9.84 Å². The molecule has 64 valence electrons. The lowest BCUT2D eigenvalue weighted by Gasteiger charge is -2.20. The maximum Gasteiger partial charge on any atom is 0.129 e. The van der Waals surface area contributed by atoms with Gasteiger partial charge in [-0.15, -0.1) is 0 Å². The van der Waals surface area contributed by atoms with E-state index in [2.05, 4.69) is 0 Å². The van der Waals surface area contributed by atoms with Crippen molar-refractivity contribution in [3.8, 4) is 5.75 Å². The highest BCUT2D eigenvalue weighted by molar-refractivity contribution is 5.42. The Balaban J connectivity index is 2.55. The van der Waals surface area contributed by atoms with Gasteiger partial charge in [-0.05, 0) is 19.9 Å². The van der Waals surface area contributed by atoms with Gasteiger partial charge >= 0.3 is 0 Å². The fourth-order valence-corrected chi connectivity index (χ4v) is 1.51. The molecule has 2 atom stereocenters. The van der Waals surface area contributed by atoms with Crippen LogP contribution in [0.25, 0.3) is 0 Å². The lowest BCUT2D eigenvalue weighted by molar-refractivity contribution is -0.0151. The average molecular weight is 164 g/mol. The van der Waals surface area contributed by atoms with Gasteiger partial charge in [0.2, 0.25) is 0 Å². The second kappa shape index (κ2) is 2.23. The quantitative estimate of drug-likeness (QED) is 0.632. The van der Waals surface area contributed by atoms with E-state index in [0.29, 0.717) is 0 Å². The van der Waals surface area contributed by atoms with Crippen LogP contribution in [0.2, 0.25) is 0 Å². The number of hydrogen-bond donors (Lipinski definition) is 1. The van der Waals surface area contributed by atoms with Crippen LogP contribution in [-0.4, -0.2) is 11.2 Å². The Kier molecular flexibility index (Phi) is 1.42. The summed E-state index contributed by atoms with van der Waals surface area (Å²) in [5, 5.41) is 9.99. The monoisotopic (exact) mass is 164 g/mol. The minimum Gasteiger partial charge on any atom is -0.487 e. The van der Waals surface area contributed by atoms with Gasteiger partial charge in [0.1, 0.15) is 17.5 Å². The number of para-hydroxylation sites is 1. The summed E-state index contributed by atoms with van der Waals surface area (Å²) in [7, 11) is 0. The molecule has 2 heteroatoms. The van der Waals surface area contributed by atoms with Gasteiger partial charge < -0.3 is 9.84 Å². The van der Waals surface area contributed by atoms with Gasteiger partial charge in [-0.25, -0.2) is 0 Å². The number of rotatable bonds is 0. The first-order valence-electron chi connectivity index (χ1n) is 4.11. The molecule has 0 spiro atoms. The first-order valence-corrected chi connectivity index (χ1v) is 4.11. The van der Waals surface area contributed by atoms with Crippen LogP contribution in [0.5, 0.6) is 5.75 Å². The van der Waals surface area contributed by atoms with Crippen molar-refractivity contribution in [1.29, 1.82) is 0 Å². The summed E-state index contributed by atoms with van der Waals surface area (Å²) < 4.78 is 5.47. The molecule has 0 saturated heterocycles. The van der Waals surface area contributed by atoms with Crippen LogP contribution in [0.3, 0.4) is 0 Å². The Morgan fingerprint density at radius 1 is 1.42 bits per heavy atom. The topological polar surface area (TPSA) is 29.5 Å². The smallest absolute Gasteiger partial charge is 0.129 e. The third-order valence-corrected chi connectivity index (χ3v) is 2.53. The summed E-state index contributed by atoms with van der Waals surface area (Å²) in [4.78, 5) is 0. The maximum atomic E-state index is 9.99. The molecule has 0 bridgehead atoms. The summed E-state index contributed by atoms with van der Waals surface area (Å²) in [5.41, 5.74) is 0.0499. The average Bonchev–Trinajstić information content (AvgIpc) is 2.25. The summed E-state index contributed by atoms with van der Waals surface area (Å²) >= 11 is 0. The Morgan fingerprint density at radius 3 is 2.75 bits per heavy atom. The van der Waals surface area contributed by atoms with Crippen molar-refractivity contribution >= 4 is 0 Å². The molecule has 0 saturated carbocycles. The van der Waals surface area contributed by atoms with Crippen LogP contribution in [0, 0.1) is 0 Å². The van der Waals surface area contributed by atoms with Gasteiger partial charge in [0, 0.05) is 5.56 Å². The zero-order valence-corrected chi connectivity index (χ0v) is 7.24. The van der Waals surface area contributed by atoms with Crippen LogP contribution in [0.15, 0.2) is 24.3 Å². The highest BCUT2D eigenvalue weighted by Gasteiger charge is 2.40. The van der Waals surface area contributed by atoms with Gasteiger partial charge in [0.15, 0.2) is 0 Å². The number of ether oxygens (including phenoxy) is 1. The highest BCUT2D eigenvalue weighted by Crippen LogP contribution is 2.40. The van der Waals surface area contributed by atoms with E-state index in [1.807, 2.05) is 31.2 Å². The summed E-state index contributed by atoms with van der Waals surface area (Å²) in [6.07, 6.45) is -0.158. The van der Waals surface area contributed by atoms with Crippen molar-refractivity contribution in [2.45, 2.75) is 25.6 Å². The van der Waals surface area contributed by atoms with E-state index in [0.717, 1.165) is 11.3 Å². The van der Waals surface area contributed by atoms with Gasteiger partial charge in [0.05, 0.1) is 0 Å². The predicted molar refractivity (Wildman–Crippen MR) is 46.1 cm³/mol. The maximum absolute atomic E-state index is 9.99. The first-order chi connectivity index (χ1) is 5.62. The van der Waals surface area contributed by atoms with Crippen molar-refractivity contribution in [1.82, 2.24) is 0 Å². The van der Waals surface area contributed by atoms with Gasteiger partial charge in [-0.2, -0.15) is 0 Å². The fourth-order valence-electron chi connectivity index (χ4n) is 1.51. The first kappa shape index (κ1) is 7.62. The van der Waals surface area contributed by atoms with E-state index in [9.17, 15) is 5.11 Å². The second-order valence-electron chi connectivity index (χ2n) is 3.40. The molecule has 1 N–H and O–H groups in total. The molecule has 1 aliphatic heterocycles. The van der Waals surface area contributed by atoms with E-state index in [1.54, 1.807) is 6.92 Å². The Hall–Kier alpha value is -1.02. The molecular weight excluding hydrogens is 152 g/mol. The third kappa shape index (κ3) is 0.847. The van der Waals surface area contributed by atoms with Crippen LogP contribution < -0.4 is 4.74 Å². The van der Waals surface area contributed by atoms with Gasteiger partial charge in [-0.3, -0.25) is 0 Å². The fraction of sp³-hybridized carbons (Fsp3) is 0.400. The molecule has 1 aromatic carbocycles. The SMILES string of the molecule is C[C@H]1Oc2ccccc2[C@@]1(C)O. The minimum absolute atomic E-state index is 0.158. The van der Waals surface area contributed by atoms with Crippen molar-refractivity contribution in [2.24, 2.45) is 0 Å². The van der Waals surface area contributed by atoms with E-state index in [1.165, 1.54) is 0 Å². The predicted octanol–water partition coefficient (Wildman–Crippen LogP) is 1.68. The van der Waals surface area contributed by atoms with Crippen molar-refractivity contribution in [3.05, 3.63) is 29.8 Å². The standard InChI is InChI=1S/C10H12O2/c1-7-10(2,11)8-5-3-4-6-9(8)12-7/h3-7,11H,1-2H3/t7-,10+/m1/s1. The van der Waals surface area contributed by atoms with Crippen LogP contribution in [0.4, 0.5) is 0 Å². The Labute approximate surface area is 71.8 Å². The molecule has 0 radical (unpaired) electrons. The van der Waals surface area contributed by atoms with Crippen molar-refractivity contribution in [3.63, 3.8) is 0 Å². The van der Waals surface area contributed by atoms with Gasteiger partial charge in [-0.1, -0.05) is 18.2 Å². The lowest BCUT2D eigenvalue weighted by atomic mass is 9.93. The number of benzene rings is 1. The molecule has 12 heavy (non-hydrogen) atoms. The minimum atomic E-state index is -0.837. The van der Waals surface area contributed by atoms with Crippen LogP contribution in [-0.2, 0) is 5.60 Å². The zero-order chi connectivity index (χ0) is 8.77. The summed E-state index contributed by atoms with van der Waals surface area (Å²) in [5.74, 6) is 0.801. The molecule has 2 rings (SSSR count). The Bertz CT molecular complexity index is 304. The number of hydrogen-bond acceptors (Lipinski definition) is 2. The highest BCUT2D eigenvalue weighted by atomic mass is 16.5. The largest absolute Gasteiger partial charge is 0.487 e. The van der Waals surface area contributed by atoms with E-state index in [4.69, 9.17) is 4.74 Å². The van der Waals surface area contributed by atoms with E-state index >= 15 is 0 Å². The Morgan fingerprint density at radius 2 is 2.08 bits per heavy atom. The molecular formula is C10H12O2. The lowest BCUT2D eigenvalue weighted by Crippen LogP contribution is -2.31. The molecule has 0 aromatic heterocycles. The molecule has 0 fully saturated rings. The summed E-state index contributed by atoms with van der Waals surface area (Å²) in [6, 6.07) is 7.60. The second-order valence-corrected chi connectivity index (χ2v) is 3.40. The summed E-state index contributed by atoms with van der Waals surface area (Å²) in [6.45, 7) is 3.66. The van der Waals surface area contributed by atoms with Gasteiger partial charge in [0.25, 0.3) is 0 Å². The molecule has 0 unspecified atom stereocenters. The van der Waals surface area contributed by atoms with E-state index in [-0.39, 0.29) is 6.10 Å². The van der Waals surface area contributed by atoms with E-state index < -0.39 is 5.60 Å². The van der Waals surface area contributed by atoms with Crippen molar-refractivity contribution in [2.75, 3.05) is 0 Å². The molecule has 1 heterocycles.